The number of hydrogen-bond acceptors (Lipinski definition) is 4. The lowest BCUT2D eigenvalue weighted by atomic mass is 9.98. The van der Waals surface area contributed by atoms with Gasteiger partial charge in [0.25, 0.3) is 0 Å². The number of alkyl halides is 3. The molecule has 1 heterocycles. The highest BCUT2D eigenvalue weighted by molar-refractivity contribution is 7.91. The van der Waals surface area contributed by atoms with E-state index in [0.29, 0.717) is 6.42 Å². The molecule has 0 unspecified atom stereocenters. The van der Waals surface area contributed by atoms with Crippen LogP contribution in [0.3, 0.4) is 0 Å². The van der Waals surface area contributed by atoms with E-state index in [0.717, 1.165) is 23.0 Å². The van der Waals surface area contributed by atoms with Crippen molar-refractivity contribution in [2.24, 2.45) is 0 Å². The van der Waals surface area contributed by atoms with Crippen LogP contribution >= 0.6 is 11.3 Å². The SMILES string of the molecule is C[C@]1(c2ccccc2)C[C@@H]1NS(=O)(=O)c1ccc(/C=C/C(F)(F)F)s1.O=C(O)O. The van der Waals surface area contributed by atoms with E-state index in [-0.39, 0.29) is 26.6 Å². The molecule has 0 amide bonds. The van der Waals surface area contributed by atoms with Gasteiger partial charge >= 0.3 is 12.3 Å². The summed E-state index contributed by atoms with van der Waals surface area (Å²) in [5.74, 6) is 0. The second-order valence-corrected chi connectivity index (χ2v) is 9.53. The molecule has 3 N–H and O–H groups in total. The molecule has 1 aliphatic rings. The van der Waals surface area contributed by atoms with Crippen LogP contribution in [-0.4, -0.2) is 37.0 Å². The number of halogens is 3. The van der Waals surface area contributed by atoms with Crippen LogP contribution in [0, 0.1) is 0 Å². The van der Waals surface area contributed by atoms with Gasteiger partial charge in [0.1, 0.15) is 4.21 Å². The zero-order valence-corrected chi connectivity index (χ0v) is 16.7. The second kappa shape index (κ2) is 8.56. The molecular formula is C18H18F3NO5S2. The van der Waals surface area contributed by atoms with Crippen molar-refractivity contribution in [1.29, 1.82) is 0 Å². The Bertz CT molecular complexity index is 982. The van der Waals surface area contributed by atoms with Gasteiger partial charge in [-0.25, -0.2) is 17.9 Å². The number of sulfonamides is 1. The Balaban J connectivity index is 0.000000687. The van der Waals surface area contributed by atoms with Crippen LogP contribution in [0.4, 0.5) is 18.0 Å². The molecule has 1 aromatic carbocycles. The number of allylic oxidation sites excluding steroid dienone is 1. The lowest BCUT2D eigenvalue weighted by Crippen LogP contribution is -2.29. The lowest BCUT2D eigenvalue weighted by molar-refractivity contribution is -0.0790. The minimum Gasteiger partial charge on any atom is -0.450 e. The monoisotopic (exact) mass is 449 g/mol. The van der Waals surface area contributed by atoms with Crippen LogP contribution in [-0.2, 0) is 15.4 Å². The molecule has 0 aliphatic heterocycles. The van der Waals surface area contributed by atoms with Gasteiger partial charge in [-0.15, -0.1) is 11.3 Å². The van der Waals surface area contributed by atoms with Gasteiger partial charge in [-0.3, -0.25) is 0 Å². The number of carbonyl (C=O) groups is 1. The first-order chi connectivity index (χ1) is 13.3. The summed E-state index contributed by atoms with van der Waals surface area (Å²) >= 11 is 0.809. The van der Waals surface area contributed by atoms with Gasteiger partial charge in [-0.05, 0) is 30.2 Å². The molecule has 0 radical (unpaired) electrons. The highest BCUT2D eigenvalue weighted by Crippen LogP contribution is 2.48. The highest BCUT2D eigenvalue weighted by Gasteiger charge is 2.53. The number of benzene rings is 1. The summed E-state index contributed by atoms with van der Waals surface area (Å²) in [6.45, 7) is 1.99. The zero-order chi connectivity index (χ0) is 21.9. The number of carboxylic acid groups (broad SMARTS) is 2. The van der Waals surface area contributed by atoms with Gasteiger partial charge in [0.2, 0.25) is 10.0 Å². The van der Waals surface area contributed by atoms with E-state index < -0.39 is 22.4 Å². The summed E-state index contributed by atoms with van der Waals surface area (Å²) in [6.07, 6.45) is -4.61. The zero-order valence-electron chi connectivity index (χ0n) is 15.1. The first-order valence-electron chi connectivity index (χ1n) is 8.19. The Hall–Kier alpha value is -2.37. The fraction of sp³-hybridized carbons (Fsp3) is 0.278. The van der Waals surface area contributed by atoms with Gasteiger partial charge in [0, 0.05) is 22.4 Å². The van der Waals surface area contributed by atoms with E-state index in [2.05, 4.69) is 4.72 Å². The third-order valence-corrected chi connectivity index (χ3v) is 7.29. The largest absolute Gasteiger partial charge is 0.503 e. The van der Waals surface area contributed by atoms with Gasteiger partial charge in [-0.2, -0.15) is 13.2 Å². The van der Waals surface area contributed by atoms with Gasteiger partial charge in [-0.1, -0.05) is 37.3 Å². The fourth-order valence-corrected chi connectivity index (χ4v) is 5.26. The van der Waals surface area contributed by atoms with E-state index >= 15 is 0 Å². The second-order valence-electron chi connectivity index (χ2n) is 6.48. The van der Waals surface area contributed by atoms with E-state index in [9.17, 15) is 21.6 Å². The van der Waals surface area contributed by atoms with Crippen molar-refractivity contribution in [2.75, 3.05) is 0 Å². The number of thiophene rings is 1. The van der Waals surface area contributed by atoms with Gasteiger partial charge in [0.05, 0.1) is 0 Å². The first-order valence-corrected chi connectivity index (χ1v) is 10.5. The van der Waals surface area contributed by atoms with Crippen LogP contribution in [0.2, 0.25) is 0 Å². The van der Waals surface area contributed by atoms with E-state index in [1.807, 2.05) is 37.3 Å². The molecule has 6 nitrogen and oxygen atoms in total. The number of hydrogen-bond donors (Lipinski definition) is 3. The molecule has 1 aromatic heterocycles. The van der Waals surface area contributed by atoms with Crippen molar-refractivity contribution in [1.82, 2.24) is 4.72 Å². The lowest BCUT2D eigenvalue weighted by Gasteiger charge is -2.12. The number of rotatable bonds is 5. The summed E-state index contributed by atoms with van der Waals surface area (Å²) in [4.78, 5) is 8.79. The van der Waals surface area contributed by atoms with E-state index in [4.69, 9.17) is 15.0 Å². The molecule has 1 saturated carbocycles. The maximum Gasteiger partial charge on any atom is 0.503 e. The van der Waals surface area contributed by atoms with Crippen molar-refractivity contribution in [2.45, 2.75) is 35.2 Å². The molecular weight excluding hydrogens is 431 g/mol. The van der Waals surface area contributed by atoms with Gasteiger partial charge < -0.3 is 10.2 Å². The normalized spacial score (nSPS) is 21.4. The van der Waals surface area contributed by atoms with Crippen LogP contribution in [0.5, 0.6) is 0 Å². The standard InChI is InChI=1S/C17H16F3NO2S2.CH2O3/c1-16(12-5-3-2-4-6-12)11-14(16)21-25(22,23)15-8-7-13(24-15)9-10-17(18,19)20;2-1(3)4/h2-10,14,21H,11H2,1H3;(H2,2,3,4)/b10-9+;/t14-,16+;/m0./s1. The first kappa shape index (κ1) is 22.9. The Morgan fingerprint density at radius 2 is 1.79 bits per heavy atom. The van der Waals surface area contributed by atoms with Crippen molar-refractivity contribution < 1.29 is 36.6 Å². The van der Waals surface area contributed by atoms with Crippen LogP contribution < -0.4 is 4.72 Å². The molecule has 2 aromatic rings. The molecule has 0 saturated heterocycles. The van der Waals surface area contributed by atoms with Crippen LogP contribution in [0.15, 0.2) is 52.7 Å². The minimum atomic E-state index is -4.42. The molecule has 158 valence electrons. The molecule has 1 aliphatic carbocycles. The van der Waals surface area contributed by atoms with E-state index in [1.54, 1.807) is 0 Å². The molecule has 1 fully saturated rings. The van der Waals surface area contributed by atoms with E-state index in [1.165, 1.54) is 12.1 Å². The molecule has 0 spiro atoms. The van der Waals surface area contributed by atoms with Crippen molar-refractivity contribution >= 4 is 33.6 Å². The fourth-order valence-electron chi connectivity index (χ4n) is 2.67. The summed E-state index contributed by atoms with van der Waals surface area (Å²) in [7, 11) is -3.76. The molecule has 11 heteroatoms. The average molecular weight is 449 g/mol. The third kappa shape index (κ3) is 6.58. The van der Waals surface area contributed by atoms with Crippen LogP contribution in [0.25, 0.3) is 6.08 Å². The highest BCUT2D eigenvalue weighted by atomic mass is 32.2. The Morgan fingerprint density at radius 1 is 1.21 bits per heavy atom. The molecule has 3 rings (SSSR count). The summed E-state index contributed by atoms with van der Waals surface area (Å²) in [6, 6.07) is 12.1. The molecule has 2 atom stereocenters. The predicted molar refractivity (Wildman–Crippen MR) is 103 cm³/mol. The average Bonchev–Trinajstić information content (AvgIpc) is 3.04. The smallest absolute Gasteiger partial charge is 0.450 e. The maximum atomic E-state index is 12.5. The Labute approximate surface area is 169 Å². The third-order valence-electron chi connectivity index (χ3n) is 4.27. The Kier molecular flexibility index (Phi) is 6.76. The predicted octanol–water partition coefficient (Wildman–Crippen LogP) is 4.55. The summed E-state index contributed by atoms with van der Waals surface area (Å²) in [5.41, 5.74) is 0.799. The molecule has 29 heavy (non-hydrogen) atoms. The minimum absolute atomic E-state index is 0.0108. The Morgan fingerprint density at radius 3 is 2.34 bits per heavy atom. The van der Waals surface area contributed by atoms with Crippen molar-refractivity contribution in [3.8, 4) is 0 Å². The molecule has 0 bridgehead atoms. The van der Waals surface area contributed by atoms with Crippen LogP contribution in [0.1, 0.15) is 23.8 Å². The quantitative estimate of drug-likeness (QED) is 0.621. The topological polar surface area (TPSA) is 104 Å². The summed E-state index contributed by atoms with van der Waals surface area (Å²) < 4.78 is 64.2. The maximum absolute atomic E-state index is 12.5. The van der Waals surface area contributed by atoms with Crippen molar-refractivity contribution in [3.05, 3.63) is 59.0 Å². The summed E-state index contributed by atoms with van der Waals surface area (Å²) in [5, 5.41) is 13.9. The number of nitrogens with one attached hydrogen (secondary N) is 1. The van der Waals surface area contributed by atoms with Gasteiger partial charge in [0.15, 0.2) is 0 Å². The van der Waals surface area contributed by atoms with Crippen molar-refractivity contribution in [3.63, 3.8) is 0 Å².